The van der Waals surface area contributed by atoms with Crippen LogP contribution in [-0.2, 0) is 157 Å². The number of primary amides is 1. The van der Waals surface area contributed by atoms with Crippen molar-refractivity contribution in [1.82, 2.24) is 25.5 Å². The molecule has 6 aromatic rings. The van der Waals surface area contributed by atoms with E-state index in [1.54, 1.807) is 30.3 Å². The van der Waals surface area contributed by atoms with Gasteiger partial charge in [0, 0.05) is 54.1 Å². The summed E-state index contributed by atoms with van der Waals surface area (Å²) < 4.78 is 27.5. The summed E-state index contributed by atoms with van der Waals surface area (Å²) in [5.74, 6) is -1.80. The Labute approximate surface area is 513 Å². The molecule has 15 nitrogen and oxygen atoms in total. The van der Waals surface area contributed by atoms with Gasteiger partial charge in [0.15, 0.2) is 5.91 Å². The van der Waals surface area contributed by atoms with Crippen LogP contribution < -0.4 is 5.73 Å². The number of hydrogen-bond acceptors (Lipinski definition) is 10. The molecule has 0 unspecified atom stereocenters. The number of halogens is 5. The van der Waals surface area contributed by atoms with Crippen LogP contribution in [0.1, 0.15) is 32.6 Å². The number of aromatic nitrogens is 4. The predicted octanol–water partition coefficient (Wildman–Crippen LogP) is 8.48. The number of nitriles is 3. The molecule has 0 spiro atoms. The molecule has 1 radical (unpaired) electrons. The minimum Gasteiger partial charge on any atom is -0.665 e. The number of carbonyl (C=O) groups excluding carboxylic acids is 3. The number of hydrogen-bond donors (Lipinski definition) is 4. The second-order valence-corrected chi connectivity index (χ2v) is 12.1. The van der Waals surface area contributed by atoms with Gasteiger partial charge in [0.2, 0.25) is 0 Å². The number of nitrogens with two attached hydrogens (primary N) is 1. The number of carbonyl (C=O) groups is 1. The number of benzene rings is 4. The van der Waals surface area contributed by atoms with Gasteiger partial charge in [-0.05, 0) is 45.9 Å². The molecule has 0 bridgehead atoms. The van der Waals surface area contributed by atoms with Gasteiger partial charge in [0.25, 0.3) is 0 Å². The van der Waals surface area contributed by atoms with Crippen LogP contribution in [0.25, 0.3) is 21.8 Å². The molecule has 6 rings (SSSR count). The minimum absolute atomic E-state index is 0. The van der Waals surface area contributed by atoms with Crippen LogP contribution >= 0.6 is 47.8 Å². The van der Waals surface area contributed by atoms with Crippen molar-refractivity contribution in [2.24, 2.45) is 5.73 Å². The van der Waals surface area contributed by atoms with Gasteiger partial charge in [0.05, 0.1) is 31.1 Å². The molecule has 2 aromatic heterocycles. The molecule has 0 aliphatic rings. The van der Waals surface area contributed by atoms with E-state index in [2.05, 4.69) is 97.6 Å². The van der Waals surface area contributed by atoms with Crippen LogP contribution in [0.3, 0.4) is 0 Å². The summed E-state index contributed by atoms with van der Waals surface area (Å²) in [5, 5.41) is 47.5. The Balaban J connectivity index is -0.0000000539. The Morgan fingerprint density at radius 1 is 0.761 bits per heavy atom. The van der Waals surface area contributed by atoms with E-state index in [1.165, 1.54) is 57.2 Å². The number of aromatic amines is 2. The van der Waals surface area contributed by atoms with Crippen molar-refractivity contribution in [3.8, 4) is 18.2 Å². The van der Waals surface area contributed by atoms with Crippen molar-refractivity contribution < 1.29 is 176 Å². The van der Waals surface area contributed by atoms with E-state index in [0.717, 1.165) is 20.4 Å². The van der Waals surface area contributed by atoms with Gasteiger partial charge in [0.1, 0.15) is 11.9 Å². The number of nitrogens with one attached hydrogen (secondary N) is 2. The van der Waals surface area contributed by atoms with Crippen molar-refractivity contribution >= 4 is 94.7 Å². The number of rotatable bonds is 4. The maximum absolute atomic E-state index is 12.9. The van der Waals surface area contributed by atoms with E-state index in [-0.39, 0.29) is 199 Å². The topological polar surface area (TPSA) is 256 Å². The molecular formula is C41H38Br3F2N9O6W5Y-2. The first-order valence-electron chi connectivity index (χ1n) is 14.1. The SMILES string of the molecule is CON(C)[C-]=O.N#Cc1cc(Br)cc([C-]=O)c1F.N#Cc1cc(Br)cc2[c-]n[nH]c12.N#Cc1cc(Br)ccc1F.NC(=O)c1c[c-]cc2[c-]n[nH]c12.O=[C-]O.[CH3-].[CH3-].[CH3-].[CH3-].[CH3-].[CH3-].[W+2].[W+2].[W+2].[W+2].[W+2].[Y]. The monoisotopic (exact) mass is 2040 g/mol. The number of H-pyrrole nitrogens is 2. The van der Waals surface area contributed by atoms with E-state index in [4.69, 9.17) is 31.4 Å². The summed E-state index contributed by atoms with van der Waals surface area (Å²) in [6.45, 7) is 0.500. The van der Waals surface area contributed by atoms with E-state index < -0.39 is 17.5 Å². The average molecular weight is 2040 g/mol. The molecule has 0 atom stereocenters. The summed E-state index contributed by atoms with van der Waals surface area (Å²) in [7, 11) is 2.86. The van der Waals surface area contributed by atoms with E-state index in [1.807, 2.05) is 6.07 Å². The summed E-state index contributed by atoms with van der Waals surface area (Å²) in [6.07, 6.45) is 8.30. The zero-order chi connectivity index (χ0) is 41.5. The summed E-state index contributed by atoms with van der Waals surface area (Å²) in [4.78, 5) is 43.0. The molecule has 2 amide bonds. The maximum atomic E-state index is 12.9. The van der Waals surface area contributed by atoms with Gasteiger partial charge in [-0.1, -0.05) is 66.4 Å². The summed E-state index contributed by atoms with van der Waals surface area (Å²) in [5.41, 5.74) is 7.10. The molecule has 2 heterocycles. The van der Waals surface area contributed by atoms with Crippen LogP contribution in [0.5, 0.6) is 0 Å². The molecule has 0 fully saturated rings. The largest absolute Gasteiger partial charge is 2.00 e. The van der Waals surface area contributed by atoms with Gasteiger partial charge in [-0.15, -0.1) is 46.8 Å². The first kappa shape index (κ1) is 94.9. The fourth-order valence-electron chi connectivity index (χ4n) is 3.46. The standard InChI is InChI=1S/C8H2BrFNO.C8H3BrN3.C8H5N3O.C7H3BrFN.C3H6NO2.CHO2.6CH3.5W.Y/c9-7-1-5(3-11)8(10)6(2-7)4-12;9-7-1-5(3-10)8-6(2-7)4-11-12-8;9-8(12)6-3-1-2-5-4-10-11-7(5)6;8-6-1-2-7(9)5(3-6)4-10;1-4(3-5)6-2;2-1-3;;;;;;;;;;;;/h1-2H;1-2H,(H,11,12);2-3H,(H2,9,12)(H,10,11);1-3H;1-2H3;(H,2,3);6*1H3;;;;;;/q2*-1;-2;;8*-1;5*+2;. The fourth-order valence-corrected chi connectivity index (χ4v) is 4.73. The second-order valence-electron chi connectivity index (χ2n) is 9.31. The average Bonchev–Trinajstić information content (AvgIpc) is 3.87. The van der Waals surface area contributed by atoms with Crippen molar-refractivity contribution in [2.45, 2.75) is 0 Å². The number of aliphatic hydroxyl groups excluding tert-OH is 1. The molecule has 4 aromatic carbocycles. The minimum atomic E-state index is -0.823. The Hall–Kier alpha value is -1.82. The second kappa shape index (κ2) is 53.5. The maximum Gasteiger partial charge on any atom is 2.00 e. The van der Waals surface area contributed by atoms with E-state index >= 15 is 0 Å². The summed E-state index contributed by atoms with van der Waals surface area (Å²) in [6, 6.07) is 21.8. The third-order valence-corrected chi connectivity index (χ3v) is 7.30. The normalized spacial score (nSPS) is 7.46. The molecule has 0 saturated heterocycles. The number of fused-ring (bicyclic) bond motifs is 2. The van der Waals surface area contributed by atoms with Gasteiger partial charge >= 0.3 is 105 Å². The van der Waals surface area contributed by atoms with Crippen molar-refractivity contribution in [3.05, 3.63) is 170 Å². The van der Waals surface area contributed by atoms with Crippen LogP contribution in [0.15, 0.2) is 68.0 Å². The van der Waals surface area contributed by atoms with Crippen molar-refractivity contribution in [1.29, 1.82) is 15.8 Å². The van der Waals surface area contributed by atoms with E-state index in [9.17, 15) is 23.2 Å². The first-order valence-corrected chi connectivity index (χ1v) is 16.4. The van der Waals surface area contributed by atoms with Crippen LogP contribution in [-0.4, -0.2) is 69.8 Å². The Morgan fingerprint density at radius 3 is 1.63 bits per heavy atom. The van der Waals surface area contributed by atoms with Crippen LogP contribution in [0.2, 0.25) is 0 Å². The van der Waals surface area contributed by atoms with Gasteiger partial charge in [-0.3, -0.25) is 36.9 Å². The first-order chi connectivity index (χ1) is 26.2. The fraction of sp³-hybridized carbons (Fsp3) is 0.0488. The molecular weight excluding hydrogens is 2000 g/mol. The smallest absolute Gasteiger partial charge is 0.665 e. The van der Waals surface area contributed by atoms with Gasteiger partial charge in [-0.25, -0.2) is 4.39 Å². The van der Waals surface area contributed by atoms with Gasteiger partial charge in [-0.2, -0.15) is 21.9 Å². The molecule has 353 valence electrons. The van der Waals surface area contributed by atoms with Crippen LogP contribution in [0, 0.1) is 109 Å². The number of hydroxylamine groups is 2. The Morgan fingerprint density at radius 2 is 1.21 bits per heavy atom. The molecule has 67 heavy (non-hydrogen) atoms. The Kier molecular flexibility index (Phi) is 75.8. The zero-order valence-corrected chi connectivity index (χ0v) is 58.7. The molecule has 0 aliphatic heterocycles. The zero-order valence-electron chi connectivity index (χ0n) is 36.5. The third-order valence-electron chi connectivity index (χ3n) is 5.89. The quantitative estimate of drug-likeness (QED) is 0.0739. The van der Waals surface area contributed by atoms with Gasteiger partial charge < -0.3 is 89.9 Å². The number of nitrogens with zero attached hydrogens (tertiary/aromatic N) is 6. The summed E-state index contributed by atoms with van der Waals surface area (Å²) >= 11 is 9.45. The Bertz CT molecular complexity index is 2410. The van der Waals surface area contributed by atoms with Crippen LogP contribution in [0.4, 0.5) is 8.78 Å². The molecule has 0 saturated carbocycles. The van der Waals surface area contributed by atoms with Crippen molar-refractivity contribution in [3.63, 3.8) is 0 Å². The molecule has 0 aliphatic carbocycles. The number of amides is 2. The van der Waals surface area contributed by atoms with Crippen molar-refractivity contribution in [2.75, 3.05) is 14.2 Å². The third kappa shape index (κ3) is 34.2. The molecule has 26 heteroatoms. The molecule has 5 N–H and O–H groups in total. The van der Waals surface area contributed by atoms with E-state index in [0.29, 0.717) is 37.4 Å². The predicted molar refractivity (Wildman–Crippen MR) is 239 cm³/mol.